The zero-order chi connectivity index (χ0) is 7.23. The summed E-state index contributed by atoms with van der Waals surface area (Å²) in [6.45, 7) is 2.00. The van der Waals surface area contributed by atoms with Gasteiger partial charge in [0.25, 0.3) is 0 Å². The van der Waals surface area contributed by atoms with Gasteiger partial charge in [-0.05, 0) is 13.0 Å². The summed E-state index contributed by atoms with van der Waals surface area (Å²) in [5.74, 6) is 0. The van der Waals surface area contributed by atoms with E-state index in [1.165, 1.54) is 4.88 Å². The number of aromatic nitrogens is 1. The van der Waals surface area contributed by atoms with Crippen LogP contribution in [0.2, 0.25) is 0 Å². The standard InChI is InChI=1S/C8H9NS/c1-2-3-4-5-8-6-9-7-10-8/h2-7H,1H3/b3-2-,5-4-. The molecule has 0 aliphatic rings. The third kappa shape index (κ3) is 2.15. The Kier molecular flexibility index (Phi) is 2.90. The summed E-state index contributed by atoms with van der Waals surface area (Å²) in [4.78, 5) is 5.14. The summed E-state index contributed by atoms with van der Waals surface area (Å²) < 4.78 is 0. The highest BCUT2D eigenvalue weighted by atomic mass is 32.1. The van der Waals surface area contributed by atoms with Gasteiger partial charge in [0.2, 0.25) is 0 Å². The van der Waals surface area contributed by atoms with Crippen LogP contribution in [-0.4, -0.2) is 4.98 Å². The van der Waals surface area contributed by atoms with Crippen molar-refractivity contribution < 1.29 is 0 Å². The van der Waals surface area contributed by atoms with Crippen molar-refractivity contribution in [3.8, 4) is 0 Å². The number of thiazole rings is 1. The lowest BCUT2D eigenvalue weighted by molar-refractivity contribution is 1.42. The van der Waals surface area contributed by atoms with Gasteiger partial charge in [-0.3, -0.25) is 4.98 Å². The van der Waals surface area contributed by atoms with Gasteiger partial charge in [0.15, 0.2) is 0 Å². The van der Waals surface area contributed by atoms with E-state index < -0.39 is 0 Å². The molecule has 0 bridgehead atoms. The van der Waals surface area contributed by atoms with Crippen LogP contribution >= 0.6 is 11.3 Å². The summed E-state index contributed by atoms with van der Waals surface area (Å²) in [5.41, 5.74) is 1.83. The highest BCUT2D eigenvalue weighted by molar-refractivity contribution is 7.10. The first kappa shape index (κ1) is 7.22. The molecule has 10 heavy (non-hydrogen) atoms. The molecule has 0 aliphatic heterocycles. The minimum Gasteiger partial charge on any atom is -0.253 e. The monoisotopic (exact) mass is 151 g/mol. The van der Waals surface area contributed by atoms with E-state index in [1.807, 2.05) is 42.9 Å². The van der Waals surface area contributed by atoms with Crippen molar-refractivity contribution in [2.24, 2.45) is 0 Å². The van der Waals surface area contributed by atoms with Gasteiger partial charge >= 0.3 is 0 Å². The van der Waals surface area contributed by atoms with Crippen molar-refractivity contribution in [3.63, 3.8) is 0 Å². The molecule has 0 unspecified atom stereocenters. The molecule has 0 aromatic carbocycles. The highest BCUT2D eigenvalue weighted by Crippen LogP contribution is 2.06. The maximum atomic E-state index is 3.94. The van der Waals surface area contributed by atoms with Crippen molar-refractivity contribution in [2.75, 3.05) is 0 Å². The van der Waals surface area contributed by atoms with Crippen LogP contribution in [0.1, 0.15) is 11.8 Å². The zero-order valence-corrected chi connectivity index (χ0v) is 6.64. The number of hydrogen-bond acceptors (Lipinski definition) is 2. The fraction of sp³-hybridized carbons (Fsp3) is 0.125. The maximum absolute atomic E-state index is 3.94. The van der Waals surface area contributed by atoms with E-state index in [4.69, 9.17) is 0 Å². The Bertz CT molecular complexity index is 221. The van der Waals surface area contributed by atoms with Gasteiger partial charge in [0.1, 0.15) is 0 Å². The average Bonchev–Trinajstić information content (AvgIpc) is 2.41. The van der Waals surface area contributed by atoms with Crippen LogP contribution in [0, 0.1) is 0 Å². The smallest absolute Gasteiger partial charge is 0.0797 e. The van der Waals surface area contributed by atoms with Crippen LogP contribution in [0.15, 0.2) is 29.9 Å². The molecule has 0 spiro atoms. The molecule has 1 aromatic rings. The second kappa shape index (κ2) is 4.01. The summed E-state index contributed by atoms with van der Waals surface area (Å²) in [6.07, 6.45) is 9.90. The van der Waals surface area contributed by atoms with Crippen LogP contribution in [0.5, 0.6) is 0 Å². The van der Waals surface area contributed by atoms with Crippen molar-refractivity contribution in [2.45, 2.75) is 6.92 Å². The Balaban J connectivity index is 2.55. The number of allylic oxidation sites excluding steroid dienone is 3. The first-order valence-corrected chi connectivity index (χ1v) is 3.99. The minimum atomic E-state index is 1.19. The highest BCUT2D eigenvalue weighted by Gasteiger charge is 1.82. The molecule has 52 valence electrons. The van der Waals surface area contributed by atoms with E-state index in [2.05, 4.69) is 4.98 Å². The van der Waals surface area contributed by atoms with Gasteiger partial charge in [-0.15, -0.1) is 11.3 Å². The van der Waals surface area contributed by atoms with Gasteiger partial charge in [-0.25, -0.2) is 0 Å². The van der Waals surface area contributed by atoms with Crippen molar-refractivity contribution >= 4 is 17.4 Å². The Morgan fingerprint density at radius 3 is 3.00 bits per heavy atom. The fourth-order valence-electron chi connectivity index (χ4n) is 0.569. The molecule has 0 aliphatic carbocycles. The fourth-order valence-corrected chi connectivity index (χ4v) is 1.09. The van der Waals surface area contributed by atoms with Crippen molar-refractivity contribution in [1.82, 2.24) is 4.98 Å². The van der Waals surface area contributed by atoms with Gasteiger partial charge < -0.3 is 0 Å². The predicted molar refractivity (Wildman–Crippen MR) is 46.0 cm³/mol. The van der Waals surface area contributed by atoms with Crippen LogP contribution < -0.4 is 0 Å². The molecule has 1 aromatic heterocycles. The molecular weight excluding hydrogens is 142 g/mol. The van der Waals surface area contributed by atoms with E-state index >= 15 is 0 Å². The molecule has 0 radical (unpaired) electrons. The molecule has 1 nitrogen and oxygen atoms in total. The SMILES string of the molecule is C/C=C\C=C/c1cncs1. The Labute approximate surface area is 64.7 Å². The molecule has 0 atom stereocenters. The lowest BCUT2D eigenvalue weighted by atomic mass is 10.4. The molecule has 0 saturated carbocycles. The molecule has 0 fully saturated rings. The maximum Gasteiger partial charge on any atom is 0.0797 e. The van der Waals surface area contributed by atoms with Crippen LogP contribution in [0.25, 0.3) is 6.08 Å². The molecule has 0 N–H and O–H groups in total. The third-order valence-corrected chi connectivity index (χ3v) is 1.76. The first-order chi connectivity index (χ1) is 4.93. The quantitative estimate of drug-likeness (QED) is 0.592. The van der Waals surface area contributed by atoms with Gasteiger partial charge in [0.05, 0.1) is 5.51 Å². The lowest BCUT2D eigenvalue weighted by Gasteiger charge is -1.75. The average molecular weight is 151 g/mol. The van der Waals surface area contributed by atoms with Gasteiger partial charge in [-0.2, -0.15) is 0 Å². The van der Waals surface area contributed by atoms with E-state index in [-0.39, 0.29) is 0 Å². The topological polar surface area (TPSA) is 12.9 Å². The largest absolute Gasteiger partial charge is 0.253 e. The second-order valence-electron chi connectivity index (χ2n) is 1.79. The summed E-state index contributed by atoms with van der Waals surface area (Å²) >= 11 is 1.64. The number of hydrogen-bond donors (Lipinski definition) is 0. The predicted octanol–water partition coefficient (Wildman–Crippen LogP) is 2.73. The summed E-state index contributed by atoms with van der Waals surface area (Å²) in [7, 11) is 0. The summed E-state index contributed by atoms with van der Waals surface area (Å²) in [5, 5.41) is 0. The number of rotatable bonds is 2. The molecule has 0 saturated heterocycles. The minimum absolute atomic E-state index is 1.19. The van der Waals surface area contributed by atoms with Crippen LogP contribution in [0.3, 0.4) is 0 Å². The Hall–Kier alpha value is -0.890. The number of nitrogens with zero attached hydrogens (tertiary/aromatic N) is 1. The Morgan fingerprint density at radius 2 is 2.40 bits per heavy atom. The van der Waals surface area contributed by atoms with Crippen molar-refractivity contribution in [1.29, 1.82) is 0 Å². The third-order valence-electron chi connectivity index (χ3n) is 1.02. The van der Waals surface area contributed by atoms with Gasteiger partial charge in [-0.1, -0.05) is 18.2 Å². The van der Waals surface area contributed by atoms with E-state index in [9.17, 15) is 0 Å². The molecule has 2 heteroatoms. The molecule has 1 rings (SSSR count). The Morgan fingerprint density at radius 1 is 1.50 bits per heavy atom. The molecular formula is C8H9NS. The molecule has 1 heterocycles. The van der Waals surface area contributed by atoms with Crippen LogP contribution in [-0.2, 0) is 0 Å². The van der Waals surface area contributed by atoms with Crippen LogP contribution in [0.4, 0.5) is 0 Å². The van der Waals surface area contributed by atoms with Gasteiger partial charge in [0, 0.05) is 11.1 Å². The van der Waals surface area contributed by atoms with E-state index in [0.29, 0.717) is 0 Å². The normalized spacial score (nSPS) is 11.7. The summed E-state index contributed by atoms with van der Waals surface area (Å²) in [6, 6.07) is 0. The lowest BCUT2D eigenvalue weighted by Crippen LogP contribution is -1.55. The van der Waals surface area contributed by atoms with Crippen molar-refractivity contribution in [3.05, 3.63) is 34.8 Å². The molecule has 0 amide bonds. The van der Waals surface area contributed by atoms with E-state index in [1.54, 1.807) is 11.3 Å². The zero-order valence-electron chi connectivity index (χ0n) is 5.82. The first-order valence-electron chi connectivity index (χ1n) is 3.11. The second-order valence-corrected chi connectivity index (χ2v) is 2.71. The van der Waals surface area contributed by atoms with E-state index in [0.717, 1.165) is 0 Å².